The van der Waals surface area contributed by atoms with Gasteiger partial charge in [0, 0.05) is 33.7 Å². The molecule has 160 valence electrons. The first-order valence-corrected chi connectivity index (χ1v) is 10.8. The summed E-state index contributed by atoms with van der Waals surface area (Å²) >= 11 is 0. The molecular formula is C24H27N5O2. The van der Waals surface area contributed by atoms with Gasteiger partial charge in [-0.05, 0) is 30.5 Å². The van der Waals surface area contributed by atoms with E-state index in [1.165, 1.54) is 4.90 Å². The minimum atomic E-state index is -0.746. The van der Waals surface area contributed by atoms with Crippen molar-refractivity contribution in [3.8, 4) is 0 Å². The van der Waals surface area contributed by atoms with E-state index < -0.39 is 5.54 Å². The Bertz CT molecular complexity index is 1130. The monoisotopic (exact) mass is 417 g/mol. The lowest BCUT2D eigenvalue weighted by molar-refractivity contribution is -0.135. The largest absolute Gasteiger partial charge is 0.330 e. The number of likely N-dealkylation sites (N-methyl/N-ethyl adjacent to an activating group) is 1. The quantitative estimate of drug-likeness (QED) is 0.613. The zero-order valence-electron chi connectivity index (χ0n) is 18.0. The zero-order valence-corrected chi connectivity index (χ0v) is 18.0. The Labute approximate surface area is 181 Å². The molecule has 0 atom stereocenters. The number of carbonyl (C=O) groups is 2. The number of urea groups is 1. The molecule has 0 bridgehead atoms. The van der Waals surface area contributed by atoms with Crippen LogP contribution in [-0.4, -0.2) is 61.9 Å². The number of aromatic nitrogens is 2. The maximum Gasteiger partial charge on any atom is 0.327 e. The number of para-hydroxylation sites is 2. The van der Waals surface area contributed by atoms with Gasteiger partial charge in [0.25, 0.3) is 5.91 Å². The van der Waals surface area contributed by atoms with Gasteiger partial charge in [-0.1, -0.05) is 42.5 Å². The van der Waals surface area contributed by atoms with Crippen molar-refractivity contribution in [2.24, 2.45) is 7.05 Å². The Kier molecular flexibility index (Phi) is 4.78. The van der Waals surface area contributed by atoms with Gasteiger partial charge in [-0.2, -0.15) is 0 Å². The molecule has 2 aromatic carbocycles. The van der Waals surface area contributed by atoms with Crippen molar-refractivity contribution in [2.75, 3.05) is 20.1 Å². The second-order valence-electron chi connectivity index (χ2n) is 8.60. The molecule has 0 N–H and O–H groups in total. The Hall–Kier alpha value is -3.19. The molecule has 3 amide bonds. The Morgan fingerprint density at radius 2 is 1.58 bits per heavy atom. The van der Waals surface area contributed by atoms with Gasteiger partial charge < -0.3 is 9.47 Å². The van der Waals surface area contributed by atoms with Crippen molar-refractivity contribution in [1.29, 1.82) is 0 Å². The van der Waals surface area contributed by atoms with Crippen molar-refractivity contribution < 1.29 is 9.59 Å². The second kappa shape index (κ2) is 7.50. The van der Waals surface area contributed by atoms with Crippen LogP contribution in [0.15, 0.2) is 54.6 Å². The SMILES string of the molecule is CN1C(=O)N(Cc2ccccc2)C2(CCN(Cc3nc4ccccc4n3C)CC2)C1=O. The third-order valence-electron chi connectivity index (χ3n) is 6.85. The van der Waals surface area contributed by atoms with E-state index >= 15 is 0 Å². The highest BCUT2D eigenvalue weighted by atomic mass is 16.2. The number of amides is 3. The topological polar surface area (TPSA) is 61.7 Å². The molecule has 2 saturated heterocycles. The van der Waals surface area contributed by atoms with E-state index in [4.69, 9.17) is 4.98 Å². The maximum atomic E-state index is 13.2. The molecular weight excluding hydrogens is 390 g/mol. The summed E-state index contributed by atoms with van der Waals surface area (Å²) in [5.41, 5.74) is 2.42. The van der Waals surface area contributed by atoms with Crippen LogP contribution in [-0.2, 0) is 24.9 Å². The average molecular weight is 418 g/mol. The summed E-state index contributed by atoms with van der Waals surface area (Å²) in [6, 6.07) is 17.8. The highest BCUT2D eigenvalue weighted by Gasteiger charge is 2.56. The van der Waals surface area contributed by atoms with E-state index in [0.29, 0.717) is 19.4 Å². The van der Waals surface area contributed by atoms with Gasteiger partial charge in [-0.15, -0.1) is 0 Å². The number of rotatable bonds is 4. The Morgan fingerprint density at radius 1 is 0.903 bits per heavy atom. The summed E-state index contributed by atoms with van der Waals surface area (Å²) in [7, 11) is 3.65. The fraction of sp³-hybridized carbons (Fsp3) is 0.375. The van der Waals surface area contributed by atoms with Crippen LogP contribution >= 0.6 is 0 Å². The van der Waals surface area contributed by atoms with E-state index in [-0.39, 0.29) is 11.9 Å². The van der Waals surface area contributed by atoms with Crippen LogP contribution in [0.2, 0.25) is 0 Å². The lowest BCUT2D eigenvalue weighted by atomic mass is 9.85. The minimum absolute atomic E-state index is 0.0733. The van der Waals surface area contributed by atoms with Gasteiger partial charge in [-0.25, -0.2) is 9.78 Å². The molecule has 31 heavy (non-hydrogen) atoms. The van der Waals surface area contributed by atoms with Crippen molar-refractivity contribution in [3.63, 3.8) is 0 Å². The van der Waals surface area contributed by atoms with E-state index in [1.54, 1.807) is 11.9 Å². The standard InChI is InChI=1S/C24H27N5O2/c1-26-20-11-7-6-10-19(20)25-21(26)17-28-14-12-24(13-15-28)22(30)27(2)23(31)29(24)16-18-8-4-3-5-9-18/h3-11H,12-17H2,1-2H3. The number of imide groups is 1. The smallest absolute Gasteiger partial charge is 0.327 e. The second-order valence-corrected chi connectivity index (χ2v) is 8.60. The number of aryl methyl sites for hydroxylation is 1. The third-order valence-corrected chi connectivity index (χ3v) is 6.85. The molecule has 2 aliphatic heterocycles. The minimum Gasteiger partial charge on any atom is -0.330 e. The number of benzene rings is 2. The first-order chi connectivity index (χ1) is 15.0. The van der Waals surface area contributed by atoms with Crippen LogP contribution < -0.4 is 0 Å². The fourth-order valence-corrected chi connectivity index (χ4v) is 4.97. The molecule has 3 heterocycles. The molecule has 0 radical (unpaired) electrons. The number of carbonyl (C=O) groups excluding carboxylic acids is 2. The first-order valence-electron chi connectivity index (χ1n) is 10.8. The predicted octanol–water partition coefficient (Wildman–Crippen LogP) is 3.00. The van der Waals surface area contributed by atoms with Gasteiger partial charge in [0.1, 0.15) is 11.4 Å². The van der Waals surface area contributed by atoms with Crippen molar-refractivity contribution in [1.82, 2.24) is 24.3 Å². The van der Waals surface area contributed by atoms with E-state index in [1.807, 2.05) is 55.6 Å². The molecule has 2 aliphatic rings. The number of nitrogens with zero attached hydrogens (tertiary/aromatic N) is 5. The van der Waals surface area contributed by atoms with E-state index in [0.717, 1.165) is 42.1 Å². The van der Waals surface area contributed by atoms with Crippen LogP contribution in [0.3, 0.4) is 0 Å². The molecule has 5 rings (SSSR count). The van der Waals surface area contributed by atoms with E-state index in [9.17, 15) is 9.59 Å². The average Bonchev–Trinajstić information content (AvgIpc) is 3.20. The zero-order chi connectivity index (χ0) is 21.6. The van der Waals surface area contributed by atoms with Crippen molar-refractivity contribution in [3.05, 3.63) is 66.0 Å². The molecule has 7 nitrogen and oxygen atoms in total. The Balaban J connectivity index is 1.34. The van der Waals surface area contributed by atoms with Crippen LogP contribution in [0.25, 0.3) is 11.0 Å². The van der Waals surface area contributed by atoms with Crippen LogP contribution in [0.1, 0.15) is 24.2 Å². The van der Waals surface area contributed by atoms with Gasteiger partial charge >= 0.3 is 6.03 Å². The molecule has 1 aromatic heterocycles. The van der Waals surface area contributed by atoms with Crippen LogP contribution in [0.4, 0.5) is 4.79 Å². The Morgan fingerprint density at radius 3 is 2.29 bits per heavy atom. The highest BCUT2D eigenvalue weighted by molar-refractivity contribution is 6.06. The molecule has 3 aromatic rings. The van der Waals surface area contributed by atoms with Crippen molar-refractivity contribution >= 4 is 23.0 Å². The number of hydrogen-bond donors (Lipinski definition) is 0. The maximum absolute atomic E-state index is 13.2. The summed E-state index contributed by atoms with van der Waals surface area (Å²) in [5, 5.41) is 0. The van der Waals surface area contributed by atoms with Gasteiger partial charge in [0.15, 0.2) is 0 Å². The summed E-state index contributed by atoms with van der Waals surface area (Å²) < 4.78 is 2.14. The number of hydrogen-bond acceptors (Lipinski definition) is 4. The normalized spacial score (nSPS) is 19.2. The molecule has 2 fully saturated rings. The summed E-state index contributed by atoms with van der Waals surface area (Å²) in [5.74, 6) is 0.944. The summed E-state index contributed by atoms with van der Waals surface area (Å²) in [6.45, 7) is 2.70. The van der Waals surface area contributed by atoms with Gasteiger partial charge in [-0.3, -0.25) is 14.6 Å². The molecule has 0 unspecified atom stereocenters. The predicted molar refractivity (Wildman–Crippen MR) is 118 cm³/mol. The molecule has 0 saturated carbocycles. The third kappa shape index (κ3) is 3.20. The lowest BCUT2D eigenvalue weighted by Gasteiger charge is -2.42. The molecule has 0 aliphatic carbocycles. The van der Waals surface area contributed by atoms with Crippen LogP contribution in [0, 0.1) is 0 Å². The number of fused-ring (bicyclic) bond motifs is 1. The van der Waals surface area contributed by atoms with Gasteiger partial charge in [0.2, 0.25) is 0 Å². The van der Waals surface area contributed by atoms with Gasteiger partial charge in [0.05, 0.1) is 17.6 Å². The first kappa shape index (κ1) is 19.8. The lowest BCUT2D eigenvalue weighted by Crippen LogP contribution is -2.56. The molecule has 1 spiro atoms. The summed E-state index contributed by atoms with van der Waals surface area (Å²) in [6.07, 6.45) is 1.28. The fourth-order valence-electron chi connectivity index (χ4n) is 4.97. The number of piperidine rings is 1. The highest BCUT2D eigenvalue weighted by Crippen LogP contribution is 2.38. The summed E-state index contributed by atoms with van der Waals surface area (Å²) in [4.78, 5) is 36.3. The van der Waals surface area contributed by atoms with Crippen molar-refractivity contribution in [2.45, 2.75) is 31.5 Å². The molecule has 7 heteroatoms. The number of likely N-dealkylation sites (tertiary alicyclic amines) is 1. The number of imidazole rings is 1. The van der Waals surface area contributed by atoms with Crippen LogP contribution in [0.5, 0.6) is 0 Å². The van der Waals surface area contributed by atoms with E-state index in [2.05, 4.69) is 15.5 Å².